The number of amides is 1. The summed E-state index contributed by atoms with van der Waals surface area (Å²) < 4.78 is 5.87. The fourth-order valence-electron chi connectivity index (χ4n) is 2.08. The zero-order valence-corrected chi connectivity index (χ0v) is 13.1. The van der Waals surface area contributed by atoms with E-state index in [4.69, 9.17) is 4.74 Å². The lowest BCUT2D eigenvalue weighted by Crippen LogP contribution is -2.19. The van der Waals surface area contributed by atoms with E-state index < -0.39 is 16.7 Å². The second kappa shape index (κ2) is 7.36. The van der Waals surface area contributed by atoms with Crippen molar-refractivity contribution in [2.45, 2.75) is 19.4 Å². The molecule has 0 aliphatic rings. The molecule has 0 radical (unpaired) electrons. The summed E-state index contributed by atoms with van der Waals surface area (Å²) in [6, 6.07) is 6.82. The summed E-state index contributed by atoms with van der Waals surface area (Å²) in [5.74, 6) is -1.22. The van der Waals surface area contributed by atoms with Crippen LogP contribution in [0.15, 0.2) is 36.7 Å². The number of nitro groups is 1. The third-order valence-electron chi connectivity index (χ3n) is 3.36. The van der Waals surface area contributed by atoms with Gasteiger partial charge in [-0.1, -0.05) is 12.1 Å². The molecule has 1 unspecified atom stereocenters. The molecule has 2 rings (SSSR count). The zero-order chi connectivity index (χ0) is 17.7. The molecule has 0 spiro atoms. The highest BCUT2D eigenvalue weighted by Crippen LogP contribution is 2.20. The Morgan fingerprint density at radius 1 is 1.46 bits per heavy atom. The molecule has 9 nitrogen and oxygen atoms in total. The number of methoxy groups -OCH3 is 1. The van der Waals surface area contributed by atoms with Crippen LogP contribution in [-0.2, 0) is 20.9 Å². The number of nitrogens with zero attached hydrogens (tertiary/aromatic N) is 3. The summed E-state index contributed by atoms with van der Waals surface area (Å²) in [5, 5.41) is 17.0. The number of anilines is 1. The first-order valence-corrected chi connectivity index (χ1v) is 7.05. The predicted molar refractivity (Wildman–Crippen MR) is 84.4 cm³/mol. The molecule has 1 N–H and O–H groups in total. The van der Waals surface area contributed by atoms with Crippen LogP contribution in [0.4, 0.5) is 11.4 Å². The van der Waals surface area contributed by atoms with Gasteiger partial charge in [-0.3, -0.25) is 24.4 Å². The molecule has 0 bridgehead atoms. The minimum Gasteiger partial charge on any atom is -0.469 e. The lowest BCUT2D eigenvalue weighted by molar-refractivity contribution is -0.385. The Morgan fingerprint density at radius 2 is 2.21 bits per heavy atom. The molecule has 0 fully saturated rings. The third-order valence-corrected chi connectivity index (χ3v) is 3.36. The maximum atomic E-state index is 12.0. The van der Waals surface area contributed by atoms with Crippen LogP contribution in [0.5, 0.6) is 0 Å². The molecule has 9 heteroatoms. The average molecular weight is 332 g/mol. The van der Waals surface area contributed by atoms with Gasteiger partial charge < -0.3 is 10.1 Å². The Bertz CT molecular complexity index is 771. The van der Waals surface area contributed by atoms with Gasteiger partial charge >= 0.3 is 11.7 Å². The van der Waals surface area contributed by atoms with E-state index in [2.05, 4.69) is 10.4 Å². The second-order valence-corrected chi connectivity index (χ2v) is 5.07. The fourth-order valence-corrected chi connectivity index (χ4v) is 2.08. The number of hydrogen-bond donors (Lipinski definition) is 1. The lowest BCUT2D eigenvalue weighted by Gasteiger charge is -2.11. The van der Waals surface area contributed by atoms with Crippen molar-refractivity contribution in [3.63, 3.8) is 0 Å². The highest BCUT2D eigenvalue weighted by Gasteiger charge is 2.16. The molecule has 24 heavy (non-hydrogen) atoms. The first-order chi connectivity index (χ1) is 11.4. The van der Waals surface area contributed by atoms with Crippen LogP contribution in [0, 0.1) is 10.1 Å². The first kappa shape index (κ1) is 17.1. The normalized spacial score (nSPS) is 11.6. The number of rotatable bonds is 6. The molecule has 1 aromatic carbocycles. The van der Waals surface area contributed by atoms with Crippen LogP contribution in [0.2, 0.25) is 0 Å². The molecule has 1 heterocycles. The molecule has 0 saturated heterocycles. The molecule has 1 amide bonds. The van der Waals surface area contributed by atoms with E-state index in [0.717, 1.165) is 6.20 Å². The quantitative estimate of drug-likeness (QED) is 0.489. The maximum absolute atomic E-state index is 12.0. The number of esters is 1. The van der Waals surface area contributed by atoms with Gasteiger partial charge in [0.1, 0.15) is 18.9 Å². The average Bonchev–Trinajstić information content (AvgIpc) is 3.02. The van der Waals surface area contributed by atoms with Crippen LogP contribution >= 0.6 is 0 Å². The van der Waals surface area contributed by atoms with Gasteiger partial charge in [-0.25, -0.2) is 0 Å². The van der Waals surface area contributed by atoms with E-state index in [9.17, 15) is 19.7 Å². The Labute approximate surface area is 137 Å². The van der Waals surface area contributed by atoms with E-state index in [-0.39, 0.29) is 18.2 Å². The maximum Gasteiger partial charge on any atom is 0.312 e. The summed E-state index contributed by atoms with van der Waals surface area (Å²) in [6.45, 7) is 1.54. The minimum atomic E-state index is -0.584. The Kier molecular flexibility index (Phi) is 5.25. The Hall–Kier alpha value is -3.23. The van der Waals surface area contributed by atoms with E-state index >= 15 is 0 Å². The summed E-state index contributed by atoms with van der Waals surface area (Å²) in [6.07, 6.45) is 2.25. The molecule has 0 aliphatic carbocycles. The van der Waals surface area contributed by atoms with Crippen molar-refractivity contribution in [1.82, 2.24) is 9.78 Å². The van der Waals surface area contributed by atoms with Crippen molar-refractivity contribution >= 4 is 23.3 Å². The summed E-state index contributed by atoms with van der Waals surface area (Å²) in [7, 11) is 1.31. The van der Waals surface area contributed by atoms with Crippen molar-refractivity contribution in [1.29, 1.82) is 0 Å². The van der Waals surface area contributed by atoms with Crippen molar-refractivity contribution in [2.24, 2.45) is 0 Å². The predicted octanol–water partition coefficient (Wildman–Crippen LogP) is 1.71. The third kappa shape index (κ3) is 4.15. The summed E-state index contributed by atoms with van der Waals surface area (Å²) in [5.41, 5.74) is 1.03. The number of carbonyl (C=O) groups excluding carboxylic acids is 2. The smallest absolute Gasteiger partial charge is 0.312 e. The highest BCUT2D eigenvalue weighted by molar-refractivity contribution is 5.90. The highest BCUT2D eigenvalue weighted by atomic mass is 16.6. The van der Waals surface area contributed by atoms with Gasteiger partial charge in [0.25, 0.3) is 0 Å². The molecule has 126 valence electrons. The number of benzene rings is 1. The molecule has 2 aromatic rings. The fraction of sp³-hybridized carbons (Fsp3) is 0.267. The number of hydrogen-bond acceptors (Lipinski definition) is 6. The number of ether oxygens (including phenoxy) is 1. The van der Waals surface area contributed by atoms with Crippen molar-refractivity contribution in [2.75, 3.05) is 12.4 Å². The first-order valence-electron chi connectivity index (χ1n) is 7.05. The lowest BCUT2D eigenvalue weighted by atomic mass is 10.0. The topological polar surface area (TPSA) is 116 Å². The van der Waals surface area contributed by atoms with Crippen LogP contribution < -0.4 is 5.32 Å². The second-order valence-electron chi connectivity index (χ2n) is 5.07. The van der Waals surface area contributed by atoms with Gasteiger partial charge in [-0.15, -0.1) is 0 Å². The molecule has 1 atom stereocenters. The molecular weight excluding hydrogens is 316 g/mol. The summed E-state index contributed by atoms with van der Waals surface area (Å²) in [4.78, 5) is 33.6. The van der Waals surface area contributed by atoms with E-state index in [0.29, 0.717) is 11.3 Å². The standard InChI is InChI=1S/C15H16N4O5/c1-10(15(21)24-2)11-4-3-5-12(6-11)17-14(20)9-18-8-13(7-16-18)19(22)23/h3-8,10H,9H2,1-2H3,(H,17,20). The largest absolute Gasteiger partial charge is 0.469 e. The molecular formula is C15H16N4O5. The number of carbonyl (C=O) groups is 2. The Balaban J connectivity index is 2.03. The van der Waals surface area contributed by atoms with Crippen molar-refractivity contribution < 1.29 is 19.2 Å². The van der Waals surface area contributed by atoms with E-state index in [1.54, 1.807) is 31.2 Å². The monoisotopic (exact) mass is 332 g/mol. The van der Waals surface area contributed by atoms with E-state index in [1.165, 1.54) is 18.0 Å². The molecule has 0 saturated carbocycles. The van der Waals surface area contributed by atoms with Gasteiger partial charge in [0.2, 0.25) is 5.91 Å². The number of nitrogens with one attached hydrogen (secondary N) is 1. The van der Waals surface area contributed by atoms with Gasteiger partial charge in [0.15, 0.2) is 0 Å². The summed E-state index contributed by atoms with van der Waals surface area (Å²) >= 11 is 0. The van der Waals surface area contributed by atoms with Crippen LogP contribution in [0.3, 0.4) is 0 Å². The minimum absolute atomic E-state index is 0.162. The molecule has 1 aromatic heterocycles. The molecule has 0 aliphatic heterocycles. The van der Waals surface area contributed by atoms with Crippen molar-refractivity contribution in [3.8, 4) is 0 Å². The van der Waals surface area contributed by atoms with Gasteiger partial charge in [-0.2, -0.15) is 5.10 Å². The SMILES string of the molecule is COC(=O)C(C)c1cccc(NC(=O)Cn2cc([N+](=O)[O-])cn2)c1. The van der Waals surface area contributed by atoms with E-state index in [1.807, 2.05) is 0 Å². The van der Waals surface area contributed by atoms with Gasteiger partial charge in [0, 0.05) is 5.69 Å². The van der Waals surface area contributed by atoms with Crippen LogP contribution in [0.25, 0.3) is 0 Å². The van der Waals surface area contributed by atoms with Crippen molar-refractivity contribution in [3.05, 3.63) is 52.3 Å². The van der Waals surface area contributed by atoms with Crippen LogP contribution in [-0.4, -0.2) is 33.7 Å². The number of aromatic nitrogens is 2. The zero-order valence-electron chi connectivity index (χ0n) is 13.1. The van der Waals surface area contributed by atoms with Crippen LogP contribution in [0.1, 0.15) is 18.4 Å². The van der Waals surface area contributed by atoms with Gasteiger partial charge in [-0.05, 0) is 24.6 Å². The van der Waals surface area contributed by atoms with Gasteiger partial charge in [0.05, 0.1) is 18.0 Å². The Morgan fingerprint density at radius 3 is 2.83 bits per heavy atom.